The van der Waals surface area contributed by atoms with E-state index in [4.69, 9.17) is 0 Å². The van der Waals surface area contributed by atoms with Gasteiger partial charge < -0.3 is 5.32 Å². The van der Waals surface area contributed by atoms with Crippen LogP contribution in [0.5, 0.6) is 0 Å². The maximum Gasteiger partial charge on any atom is 0.243 e. The van der Waals surface area contributed by atoms with Gasteiger partial charge in [-0.25, -0.2) is 16.8 Å². The second-order valence-electron chi connectivity index (χ2n) is 5.57. The van der Waals surface area contributed by atoms with Gasteiger partial charge in [-0.1, -0.05) is 19.9 Å². The molecule has 0 spiro atoms. The second kappa shape index (κ2) is 9.29. The topological polar surface area (TPSA) is 86.8 Å². The first kappa shape index (κ1) is 22.3. The van der Waals surface area contributed by atoms with Crippen LogP contribution in [0.2, 0.25) is 0 Å². The summed E-state index contributed by atoms with van der Waals surface area (Å²) in [5.41, 5.74) is 0. The predicted octanol–water partition coefficient (Wildman–Crippen LogP) is 1.12. The lowest BCUT2D eigenvalue weighted by Gasteiger charge is -2.21. The van der Waals surface area contributed by atoms with Crippen molar-refractivity contribution in [3.63, 3.8) is 0 Å². The van der Waals surface area contributed by atoms with Gasteiger partial charge in [-0.3, -0.25) is 0 Å². The van der Waals surface area contributed by atoms with Crippen LogP contribution in [0.4, 0.5) is 0 Å². The Balaban J connectivity index is 0.00000312. The number of hydrogen-bond acceptors (Lipinski definition) is 5. The highest BCUT2D eigenvalue weighted by Gasteiger charge is 2.28. The molecule has 1 aromatic carbocycles. The molecule has 0 radical (unpaired) electrons. The third-order valence-electron chi connectivity index (χ3n) is 4.09. The Morgan fingerprint density at radius 1 is 1.04 bits per heavy atom. The number of nitrogens with zero attached hydrogens (tertiary/aromatic N) is 2. The average Bonchev–Trinajstić information content (AvgIpc) is 2.85. The van der Waals surface area contributed by atoms with Crippen molar-refractivity contribution in [3.05, 3.63) is 24.3 Å². The van der Waals surface area contributed by atoms with Gasteiger partial charge in [-0.2, -0.15) is 8.61 Å². The Morgan fingerprint density at radius 2 is 1.68 bits per heavy atom. The van der Waals surface area contributed by atoms with Gasteiger partial charge in [-0.05, 0) is 31.2 Å². The van der Waals surface area contributed by atoms with Crippen LogP contribution in [0.3, 0.4) is 0 Å². The van der Waals surface area contributed by atoms with Crippen LogP contribution in [0, 0.1) is 0 Å². The third kappa shape index (κ3) is 4.93. The van der Waals surface area contributed by atoms with Crippen LogP contribution in [-0.4, -0.2) is 64.7 Å². The molecule has 0 unspecified atom stereocenters. The monoisotopic (exact) mass is 411 g/mol. The molecule has 0 saturated carbocycles. The van der Waals surface area contributed by atoms with Crippen LogP contribution in [0.1, 0.15) is 20.3 Å². The molecular formula is C15H26ClN3O4S2. The molecule has 144 valence electrons. The van der Waals surface area contributed by atoms with Gasteiger partial charge in [0.2, 0.25) is 20.0 Å². The number of benzene rings is 1. The largest absolute Gasteiger partial charge is 0.315 e. The van der Waals surface area contributed by atoms with E-state index in [1.165, 1.54) is 32.9 Å². The quantitative estimate of drug-likeness (QED) is 0.758. The van der Waals surface area contributed by atoms with Crippen LogP contribution in [-0.2, 0) is 20.0 Å². The fourth-order valence-corrected chi connectivity index (χ4v) is 5.82. The Morgan fingerprint density at radius 3 is 2.32 bits per heavy atom. The predicted molar refractivity (Wildman–Crippen MR) is 100 cm³/mol. The van der Waals surface area contributed by atoms with E-state index in [-0.39, 0.29) is 22.2 Å². The summed E-state index contributed by atoms with van der Waals surface area (Å²) in [6.07, 6.45) is 0.733. The zero-order valence-electron chi connectivity index (χ0n) is 14.5. The summed E-state index contributed by atoms with van der Waals surface area (Å²) >= 11 is 0. The first-order chi connectivity index (χ1) is 11.3. The normalized spacial score (nSPS) is 17.1. The maximum absolute atomic E-state index is 12.8. The number of halogens is 1. The Bertz CT molecular complexity index is 757. The van der Waals surface area contributed by atoms with Crippen molar-refractivity contribution in [1.29, 1.82) is 0 Å². The summed E-state index contributed by atoms with van der Waals surface area (Å²) in [4.78, 5) is 0.0397. The highest BCUT2D eigenvalue weighted by molar-refractivity contribution is 7.90. The van der Waals surface area contributed by atoms with Gasteiger partial charge in [0.15, 0.2) is 0 Å². The highest BCUT2D eigenvalue weighted by atomic mass is 35.5. The molecule has 7 nitrogen and oxygen atoms in total. The van der Waals surface area contributed by atoms with E-state index in [1.807, 2.05) is 0 Å². The van der Waals surface area contributed by atoms with Crippen molar-refractivity contribution in [2.45, 2.75) is 30.1 Å². The van der Waals surface area contributed by atoms with Crippen LogP contribution in [0.25, 0.3) is 0 Å². The molecule has 0 atom stereocenters. The number of sulfonamides is 2. The van der Waals surface area contributed by atoms with E-state index >= 15 is 0 Å². The summed E-state index contributed by atoms with van der Waals surface area (Å²) in [7, 11) is -7.38. The van der Waals surface area contributed by atoms with E-state index < -0.39 is 20.0 Å². The summed E-state index contributed by atoms with van der Waals surface area (Å²) in [6.45, 7) is 6.38. The molecule has 0 bridgehead atoms. The first-order valence-corrected chi connectivity index (χ1v) is 11.0. The van der Waals surface area contributed by atoms with Crippen molar-refractivity contribution in [3.8, 4) is 0 Å². The lowest BCUT2D eigenvalue weighted by molar-refractivity contribution is 0.431. The van der Waals surface area contributed by atoms with Crippen molar-refractivity contribution in [2.75, 3.05) is 39.3 Å². The van der Waals surface area contributed by atoms with Crippen molar-refractivity contribution in [2.24, 2.45) is 0 Å². The maximum atomic E-state index is 12.8. The van der Waals surface area contributed by atoms with Crippen molar-refractivity contribution in [1.82, 2.24) is 13.9 Å². The molecule has 1 aliphatic rings. The fourth-order valence-electron chi connectivity index (χ4n) is 2.72. The molecule has 25 heavy (non-hydrogen) atoms. The molecule has 0 aliphatic carbocycles. The molecule has 0 amide bonds. The number of rotatable bonds is 6. The lowest BCUT2D eigenvalue weighted by Crippen LogP contribution is -2.34. The molecule has 10 heteroatoms. The van der Waals surface area contributed by atoms with Crippen LogP contribution in [0.15, 0.2) is 34.1 Å². The molecule has 1 fully saturated rings. The van der Waals surface area contributed by atoms with Gasteiger partial charge >= 0.3 is 0 Å². The summed E-state index contributed by atoms with van der Waals surface area (Å²) in [5, 5.41) is 3.16. The highest BCUT2D eigenvalue weighted by Crippen LogP contribution is 2.22. The summed E-state index contributed by atoms with van der Waals surface area (Å²) in [5.74, 6) is 0. The minimum Gasteiger partial charge on any atom is -0.315 e. The fraction of sp³-hybridized carbons (Fsp3) is 0.600. The SMILES string of the molecule is CCN(CC)S(=O)(=O)c1cccc(S(=O)(=O)N2CCCNCC2)c1.Cl. The third-order valence-corrected chi connectivity index (χ3v) is 8.03. The Hall–Kier alpha value is -0.710. The van der Waals surface area contributed by atoms with Crippen molar-refractivity contribution < 1.29 is 16.8 Å². The number of nitrogens with one attached hydrogen (secondary N) is 1. The average molecular weight is 412 g/mol. The zero-order chi connectivity index (χ0) is 17.8. The van der Waals surface area contributed by atoms with E-state index in [9.17, 15) is 16.8 Å². The van der Waals surface area contributed by atoms with Gasteiger partial charge in [0.1, 0.15) is 0 Å². The van der Waals surface area contributed by atoms with Gasteiger partial charge in [0.25, 0.3) is 0 Å². The lowest BCUT2D eigenvalue weighted by atomic mass is 10.4. The second-order valence-corrected chi connectivity index (χ2v) is 9.45. The Labute approximate surface area is 156 Å². The van der Waals surface area contributed by atoms with E-state index in [1.54, 1.807) is 13.8 Å². The van der Waals surface area contributed by atoms with Gasteiger partial charge in [0.05, 0.1) is 9.79 Å². The van der Waals surface area contributed by atoms with Crippen molar-refractivity contribution >= 4 is 32.5 Å². The van der Waals surface area contributed by atoms with Gasteiger partial charge in [-0.15, -0.1) is 12.4 Å². The molecule has 2 rings (SSSR count). The molecule has 0 aromatic heterocycles. The minimum absolute atomic E-state index is 0. The standard InChI is InChI=1S/C15H25N3O4S2.ClH/c1-3-17(4-2)23(19,20)14-7-5-8-15(13-14)24(21,22)18-11-6-9-16-10-12-18;/h5,7-8,13,16H,3-4,6,9-12H2,1-2H3;1H. The molecule has 1 saturated heterocycles. The van der Waals surface area contributed by atoms with E-state index in [0.717, 1.165) is 13.0 Å². The molecular weight excluding hydrogens is 386 g/mol. The zero-order valence-corrected chi connectivity index (χ0v) is 17.0. The Kier molecular flexibility index (Phi) is 8.30. The number of hydrogen-bond donors (Lipinski definition) is 1. The van der Waals surface area contributed by atoms with Gasteiger partial charge in [0, 0.05) is 32.7 Å². The first-order valence-electron chi connectivity index (χ1n) is 8.15. The molecule has 1 aliphatic heterocycles. The van der Waals surface area contributed by atoms with Crippen LogP contribution >= 0.6 is 12.4 Å². The molecule has 1 heterocycles. The van der Waals surface area contributed by atoms with E-state index in [0.29, 0.717) is 32.7 Å². The summed E-state index contributed by atoms with van der Waals surface area (Å²) in [6, 6.07) is 5.65. The minimum atomic E-state index is -3.70. The summed E-state index contributed by atoms with van der Waals surface area (Å²) < 4.78 is 53.6. The van der Waals surface area contributed by atoms with Crippen LogP contribution < -0.4 is 5.32 Å². The van der Waals surface area contributed by atoms with E-state index in [2.05, 4.69) is 5.32 Å². The smallest absolute Gasteiger partial charge is 0.243 e. The molecule has 1 N–H and O–H groups in total. The molecule has 1 aromatic rings.